The summed E-state index contributed by atoms with van der Waals surface area (Å²) in [6.45, 7) is 6.63. The van der Waals surface area contributed by atoms with E-state index < -0.39 is 12.0 Å². The number of ether oxygens (including phenoxy) is 1. The molecule has 1 unspecified atom stereocenters. The molecule has 7 heteroatoms. The monoisotopic (exact) mass is 511 g/mol. The molecule has 204 valence electrons. The highest BCUT2D eigenvalue weighted by Gasteiger charge is 2.35. The van der Waals surface area contributed by atoms with E-state index in [9.17, 15) is 14.7 Å². The first-order chi connectivity index (χ1) is 17.4. The number of carbonyl (C=O) groups is 1. The predicted octanol–water partition coefficient (Wildman–Crippen LogP) is 5.04. The number of aromatic nitrogens is 2. The Labute approximate surface area is 221 Å². The maximum atomic E-state index is 12.6. The van der Waals surface area contributed by atoms with E-state index in [-0.39, 0.29) is 19.1 Å². The molecule has 1 fully saturated rings. The zero-order valence-electron chi connectivity index (χ0n) is 21.8. The summed E-state index contributed by atoms with van der Waals surface area (Å²) < 4.78 is 7.78. The molecule has 0 aromatic carbocycles. The van der Waals surface area contributed by atoms with Crippen LogP contribution in [0.25, 0.3) is 0 Å². The molecule has 0 radical (unpaired) electrons. The average Bonchev–Trinajstić information content (AvgIpc) is 3.31. The van der Waals surface area contributed by atoms with Gasteiger partial charge in [-0.05, 0) is 81.4 Å². The van der Waals surface area contributed by atoms with E-state index in [4.69, 9.17) is 9.72 Å². The molecule has 2 aromatic heterocycles. The Hall–Kier alpha value is -2.51. The van der Waals surface area contributed by atoms with Crippen LogP contribution in [0.3, 0.4) is 0 Å². The minimum Gasteiger partial charge on any atom is -0.480 e. The Kier molecular flexibility index (Phi) is 10.9. The average molecular weight is 512 g/mol. The number of aryl methyl sites for hydroxylation is 3. The summed E-state index contributed by atoms with van der Waals surface area (Å²) in [6, 6.07) is 8.56. The van der Waals surface area contributed by atoms with Crippen LogP contribution in [0, 0.1) is 5.92 Å². The molecule has 0 spiro atoms. The van der Waals surface area contributed by atoms with Gasteiger partial charge in [0.2, 0.25) is 0 Å². The summed E-state index contributed by atoms with van der Waals surface area (Å²) in [5, 5.41) is 10.1. The standard InChI is InChI=1S/C29H41N3O4.CH4/c1-21(2)15-18-32-26(11-7-12-27(32)33)28(29(34)35)31-17-16-24(20-31)36-19-6-5-9-23-14-13-22-8-3-4-10-25(22)30-23;/h7,11-14,21,24,28H,3-6,8-10,15-20H2,1-2H3,(H,34,35);1H4/t24-,28?;/m1./s1. The van der Waals surface area contributed by atoms with Gasteiger partial charge in [-0.15, -0.1) is 0 Å². The van der Waals surface area contributed by atoms with Crippen LogP contribution in [0.4, 0.5) is 0 Å². The number of nitrogens with zero attached hydrogens (tertiary/aromatic N) is 3. The van der Waals surface area contributed by atoms with Crippen molar-refractivity contribution in [2.45, 2.75) is 97.8 Å². The fourth-order valence-electron chi connectivity index (χ4n) is 5.42. The quantitative estimate of drug-likeness (QED) is 0.402. The number of likely N-dealkylation sites (tertiary alicyclic amines) is 1. The highest BCUT2D eigenvalue weighted by atomic mass is 16.5. The lowest BCUT2D eigenvalue weighted by Gasteiger charge is -2.27. The zero-order chi connectivity index (χ0) is 25.5. The topological polar surface area (TPSA) is 84.7 Å². The van der Waals surface area contributed by atoms with Gasteiger partial charge in [0.05, 0.1) is 6.10 Å². The molecule has 2 atom stereocenters. The molecule has 1 aliphatic heterocycles. The van der Waals surface area contributed by atoms with Gasteiger partial charge < -0.3 is 14.4 Å². The van der Waals surface area contributed by atoms with Crippen molar-refractivity contribution < 1.29 is 14.6 Å². The lowest BCUT2D eigenvalue weighted by Crippen LogP contribution is -2.37. The molecular formula is C30H45N3O4. The van der Waals surface area contributed by atoms with Gasteiger partial charge in [-0.3, -0.25) is 19.5 Å². The number of fused-ring (bicyclic) bond motifs is 1. The van der Waals surface area contributed by atoms with Gasteiger partial charge in [0.25, 0.3) is 5.56 Å². The van der Waals surface area contributed by atoms with Crippen molar-refractivity contribution in [1.29, 1.82) is 0 Å². The van der Waals surface area contributed by atoms with Crippen LogP contribution in [-0.2, 0) is 35.3 Å². The number of rotatable bonds is 12. The second kappa shape index (κ2) is 13.9. The minimum atomic E-state index is -0.919. The van der Waals surface area contributed by atoms with Crippen molar-refractivity contribution in [2.75, 3.05) is 19.7 Å². The van der Waals surface area contributed by atoms with Crippen molar-refractivity contribution in [3.63, 3.8) is 0 Å². The molecule has 3 heterocycles. The van der Waals surface area contributed by atoms with Crippen LogP contribution in [0.1, 0.15) is 88.5 Å². The molecule has 2 aliphatic rings. The summed E-state index contributed by atoms with van der Waals surface area (Å²) in [5.74, 6) is -0.488. The molecule has 0 amide bonds. The first kappa shape index (κ1) is 29.1. The molecule has 2 aromatic rings. The third-order valence-electron chi connectivity index (χ3n) is 7.49. The smallest absolute Gasteiger partial charge is 0.327 e. The summed E-state index contributed by atoms with van der Waals surface area (Å²) >= 11 is 0. The number of unbranched alkanes of at least 4 members (excludes halogenated alkanes) is 1. The van der Waals surface area contributed by atoms with Crippen molar-refractivity contribution in [2.24, 2.45) is 5.92 Å². The molecule has 0 bridgehead atoms. The number of carboxylic acid groups (broad SMARTS) is 1. The van der Waals surface area contributed by atoms with E-state index in [0.717, 1.165) is 44.9 Å². The number of pyridine rings is 2. The van der Waals surface area contributed by atoms with Crippen molar-refractivity contribution >= 4 is 5.97 Å². The fourth-order valence-corrected chi connectivity index (χ4v) is 5.42. The summed E-state index contributed by atoms with van der Waals surface area (Å²) in [6.07, 6.45) is 9.42. The molecule has 1 N–H and O–H groups in total. The van der Waals surface area contributed by atoms with Gasteiger partial charge in [-0.25, -0.2) is 0 Å². The Morgan fingerprint density at radius 2 is 1.97 bits per heavy atom. The maximum Gasteiger partial charge on any atom is 0.327 e. The summed E-state index contributed by atoms with van der Waals surface area (Å²) in [4.78, 5) is 31.7. The first-order valence-corrected chi connectivity index (χ1v) is 13.7. The third kappa shape index (κ3) is 7.74. The number of carboxylic acids is 1. The number of hydrogen-bond acceptors (Lipinski definition) is 5. The Bertz CT molecular complexity index is 1080. The van der Waals surface area contributed by atoms with Crippen LogP contribution < -0.4 is 5.56 Å². The van der Waals surface area contributed by atoms with Crippen LogP contribution in [0.2, 0.25) is 0 Å². The Balaban J connectivity index is 0.00000380. The lowest BCUT2D eigenvalue weighted by atomic mass is 9.95. The normalized spacial score (nSPS) is 18.4. The largest absolute Gasteiger partial charge is 0.480 e. The Morgan fingerprint density at radius 3 is 2.76 bits per heavy atom. The fraction of sp³-hybridized carbons (Fsp3) is 0.633. The van der Waals surface area contributed by atoms with E-state index in [1.54, 1.807) is 16.7 Å². The van der Waals surface area contributed by atoms with Gasteiger partial charge in [-0.1, -0.05) is 33.4 Å². The Morgan fingerprint density at radius 1 is 1.16 bits per heavy atom. The minimum absolute atomic E-state index is 0. The molecule has 1 saturated heterocycles. The second-order valence-corrected chi connectivity index (χ2v) is 10.7. The number of hydrogen-bond donors (Lipinski definition) is 1. The van der Waals surface area contributed by atoms with Gasteiger partial charge in [0.15, 0.2) is 0 Å². The van der Waals surface area contributed by atoms with Crippen molar-refractivity contribution in [3.8, 4) is 0 Å². The third-order valence-corrected chi connectivity index (χ3v) is 7.49. The van der Waals surface area contributed by atoms with E-state index in [0.29, 0.717) is 37.9 Å². The van der Waals surface area contributed by atoms with E-state index in [2.05, 4.69) is 26.0 Å². The first-order valence-electron chi connectivity index (χ1n) is 13.7. The van der Waals surface area contributed by atoms with Gasteiger partial charge >= 0.3 is 5.97 Å². The van der Waals surface area contributed by atoms with Crippen LogP contribution in [-0.4, -0.2) is 51.3 Å². The predicted molar refractivity (Wildman–Crippen MR) is 147 cm³/mol. The van der Waals surface area contributed by atoms with Gasteiger partial charge in [0, 0.05) is 49.4 Å². The summed E-state index contributed by atoms with van der Waals surface area (Å²) in [7, 11) is 0. The molecule has 4 rings (SSSR count). The van der Waals surface area contributed by atoms with E-state index in [1.807, 2.05) is 4.90 Å². The molecule has 0 saturated carbocycles. The summed E-state index contributed by atoms with van der Waals surface area (Å²) in [5.41, 5.74) is 4.32. The highest BCUT2D eigenvalue weighted by molar-refractivity contribution is 5.75. The highest BCUT2D eigenvalue weighted by Crippen LogP contribution is 2.27. The SMILES string of the molecule is C.CC(C)CCn1c(C(C(=O)O)N2CC[C@@H](OCCCCc3ccc4c(n3)CCCC4)C2)cccc1=O. The van der Waals surface area contributed by atoms with Gasteiger partial charge in [-0.2, -0.15) is 0 Å². The van der Waals surface area contributed by atoms with Crippen molar-refractivity contribution in [3.05, 3.63) is 63.3 Å². The second-order valence-electron chi connectivity index (χ2n) is 10.7. The zero-order valence-corrected chi connectivity index (χ0v) is 21.8. The van der Waals surface area contributed by atoms with Crippen LogP contribution >= 0.6 is 0 Å². The molecular weight excluding hydrogens is 466 g/mol. The molecule has 7 nitrogen and oxygen atoms in total. The maximum absolute atomic E-state index is 12.6. The van der Waals surface area contributed by atoms with Crippen LogP contribution in [0.5, 0.6) is 0 Å². The lowest BCUT2D eigenvalue weighted by molar-refractivity contribution is -0.143. The van der Waals surface area contributed by atoms with Gasteiger partial charge in [0.1, 0.15) is 6.04 Å². The van der Waals surface area contributed by atoms with Crippen LogP contribution in [0.15, 0.2) is 35.1 Å². The molecule has 37 heavy (non-hydrogen) atoms. The molecule has 1 aliphatic carbocycles. The van der Waals surface area contributed by atoms with E-state index >= 15 is 0 Å². The number of aliphatic carboxylic acids is 1. The van der Waals surface area contributed by atoms with Crippen molar-refractivity contribution in [1.82, 2.24) is 14.5 Å². The van der Waals surface area contributed by atoms with E-state index in [1.165, 1.54) is 35.9 Å².